The number of benzene rings is 2. The van der Waals surface area contributed by atoms with Crippen molar-refractivity contribution < 1.29 is 55.0 Å². The summed E-state index contributed by atoms with van der Waals surface area (Å²) in [5, 5.41) is 19.5. The van der Waals surface area contributed by atoms with E-state index in [1.54, 1.807) is 0 Å². The number of hydrogen-bond donors (Lipinski definition) is 5. The molecule has 39 heavy (non-hydrogen) atoms. The summed E-state index contributed by atoms with van der Waals surface area (Å²) in [4.78, 5) is 33.0. The summed E-state index contributed by atoms with van der Waals surface area (Å²) >= 11 is 0. The molecule has 0 fully saturated rings. The van der Waals surface area contributed by atoms with Gasteiger partial charge < -0.3 is 26.2 Å². The minimum atomic E-state index is -5.08. The first-order valence-corrected chi connectivity index (χ1v) is 10.2. The number of carboxylic acids is 1. The second-order valence-corrected chi connectivity index (χ2v) is 7.35. The number of carboxylic acid groups (broad SMARTS) is 1. The minimum absolute atomic E-state index is 0. The van der Waals surface area contributed by atoms with Crippen LogP contribution in [-0.4, -0.2) is 47.4 Å². The molecule has 1 atom stereocenters. The summed E-state index contributed by atoms with van der Waals surface area (Å²) in [6, 6.07) is 10.4. The summed E-state index contributed by atoms with van der Waals surface area (Å²) in [6.07, 6.45) is -14.2. The summed E-state index contributed by atoms with van der Waals surface area (Å²) in [7, 11) is 0. The normalized spacial score (nSPS) is 11.7. The van der Waals surface area contributed by atoms with Crippen molar-refractivity contribution in [1.29, 1.82) is 5.41 Å². The van der Waals surface area contributed by atoms with Gasteiger partial charge in [-0.2, -0.15) is 30.7 Å². The second-order valence-electron chi connectivity index (χ2n) is 7.35. The number of amides is 2. The molecule has 0 saturated heterocycles. The summed E-state index contributed by atoms with van der Waals surface area (Å²) in [5.41, 5.74) is 6.54. The van der Waals surface area contributed by atoms with Gasteiger partial charge in [0, 0.05) is 11.3 Å². The number of ether oxygens (including phenoxy) is 1. The number of rotatable bonds is 9. The van der Waals surface area contributed by atoms with Crippen LogP contribution in [0.2, 0.25) is 0 Å². The summed E-state index contributed by atoms with van der Waals surface area (Å²) < 4.78 is 86.4. The Hall–Kier alpha value is -4.37. The SMILES string of the molecule is C.C[C@H](NC(=O)CC(=O)Nc1ccc(C(=N)N)cc1)c1cccc(OC(F)(F)C(F)F)c1.O=C(O)C(F)(F)F. The minimum Gasteiger partial charge on any atom is -0.475 e. The summed E-state index contributed by atoms with van der Waals surface area (Å²) in [5.74, 6) is -4.62. The number of halogens is 7. The van der Waals surface area contributed by atoms with E-state index in [2.05, 4.69) is 15.4 Å². The van der Waals surface area contributed by atoms with E-state index in [0.717, 1.165) is 12.1 Å². The van der Waals surface area contributed by atoms with E-state index in [1.165, 1.54) is 43.3 Å². The number of nitrogens with one attached hydrogen (secondary N) is 3. The quantitative estimate of drug-likeness (QED) is 0.128. The molecule has 2 aromatic rings. The zero-order valence-corrected chi connectivity index (χ0v) is 19.3. The Bertz CT molecular complexity index is 1140. The molecule has 0 aromatic heterocycles. The van der Waals surface area contributed by atoms with Crippen LogP contribution in [-0.2, 0) is 14.4 Å². The predicted molar refractivity (Wildman–Crippen MR) is 126 cm³/mol. The van der Waals surface area contributed by atoms with Gasteiger partial charge in [0.2, 0.25) is 11.8 Å². The Morgan fingerprint density at radius 3 is 2.03 bits per heavy atom. The van der Waals surface area contributed by atoms with E-state index in [-0.39, 0.29) is 13.3 Å². The van der Waals surface area contributed by atoms with Gasteiger partial charge in [0.05, 0.1) is 6.04 Å². The van der Waals surface area contributed by atoms with E-state index in [0.29, 0.717) is 16.8 Å². The van der Waals surface area contributed by atoms with Gasteiger partial charge in [0.25, 0.3) is 0 Å². The van der Waals surface area contributed by atoms with Gasteiger partial charge in [-0.3, -0.25) is 15.0 Å². The van der Waals surface area contributed by atoms with Crippen LogP contribution < -0.4 is 21.1 Å². The molecule has 0 unspecified atom stereocenters. The van der Waals surface area contributed by atoms with Crippen molar-refractivity contribution in [2.75, 3.05) is 5.32 Å². The number of carbonyl (C=O) groups excluding carboxylic acids is 2. The van der Waals surface area contributed by atoms with Crippen molar-refractivity contribution in [2.45, 2.75) is 45.5 Å². The Morgan fingerprint density at radius 2 is 1.56 bits per heavy atom. The lowest BCUT2D eigenvalue weighted by Gasteiger charge is -2.19. The number of carbonyl (C=O) groups is 3. The maximum Gasteiger partial charge on any atom is 0.490 e. The fourth-order valence-corrected chi connectivity index (χ4v) is 2.51. The molecule has 0 bridgehead atoms. The molecule has 0 aliphatic heterocycles. The fraction of sp³-hybridized carbons (Fsp3) is 0.304. The van der Waals surface area contributed by atoms with Crippen molar-refractivity contribution in [1.82, 2.24) is 5.32 Å². The van der Waals surface area contributed by atoms with Crippen molar-refractivity contribution in [3.05, 3.63) is 59.7 Å². The van der Waals surface area contributed by atoms with Gasteiger partial charge >= 0.3 is 24.7 Å². The van der Waals surface area contributed by atoms with E-state index in [1.807, 2.05) is 0 Å². The van der Waals surface area contributed by atoms with Gasteiger partial charge in [-0.15, -0.1) is 0 Å². The number of alkyl halides is 7. The highest BCUT2D eigenvalue weighted by atomic mass is 19.4. The average molecular weight is 570 g/mol. The number of anilines is 1. The topological polar surface area (TPSA) is 155 Å². The second kappa shape index (κ2) is 14.5. The maximum absolute atomic E-state index is 13.1. The zero-order valence-electron chi connectivity index (χ0n) is 19.3. The number of nitrogen functional groups attached to an aromatic ring is 1. The lowest BCUT2D eigenvalue weighted by Crippen LogP contribution is -2.33. The number of aliphatic carboxylic acids is 1. The van der Waals surface area contributed by atoms with Gasteiger partial charge in [-0.05, 0) is 48.9 Å². The molecule has 216 valence electrons. The van der Waals surface area contributed by atoms with E-state index >= 15 is 0 Å². The smallest absolute Gasteiger partial charge is 0.475 e. The number of nitrogens with two attached hydrogens (primary N) is 1. The third-order valence-corrected chi connectivity index (χ3v) is 4.29. The first-order chi connectivity index (χ1) is 17.4. The van der Waals surface area contributed by atoms with Crippen molar-refractivity contribution in [3.63, 3.8) is 0 Å². The average Bonchev–Trinajstić information content (AvgIpc) is 2.78. The first-order valence-electron chi connectivity index (χ1n) is 10.2. The lowest BCUT2D eigenvalue weighted by atomic mass is 10.1. The third kappa shape index (κ3) is 12.1. The van der Waals surface area contributed by atoms with Gasteiger partial charge in [-0.25, -0.2) is 4.79 Å². The van der Waals surface area contributed by atoms with Crippen LogP contribution in [0, 0.1) is 5.41 Å². The molecule has 2 rings (SSSR count). The molecule has 0 spiro atoms. The molecule has 0 heterocycles. The molecule has 9 nitrogen and oxygen atoms in total. The van der Waals surface area contributed by atoms with Crippen LogP contribution >= 0.6 is 0 Å². The third-order valence-electron chi connectivity index (χ3n) is 4.29. The van der Waals surface area contributed by atoms with Crippen molar-refractivity contribution in [2.24, 2.45) is 5.73 Å². The fourth-order valence-electron chi connectivity index (χ4n) is 2.51. The molecule has 0 aliphatic carbocycles. The highest BCUT2D eigenvalue weighted by Crippen LogP contribution is 2.29. The van der Waals surface area contributed by atoms with Gasteiger partial charge in [0.15, 0.2) is 0 Å². The standard InChI is InChI=1S/C20H20F4N4O3.C2HF3O2.CH4/c1-11(13-3-2-4-15(9-13)31-20(23,24)19(21)22)27-16(29)10-17(30)28-14-7-5-12(6-8-14)18(25)26;3-2(4,5)1(6)7;/h2-9,11,19H,10H2,1H3,(H3,25,26)(H,27,29)(H,28,30);(H,6,7);1H4/t11-;;/m0../s1. The molecule has 6 N–H and O–H groups in total. The predicted octanol–water partition coefficient (Wildman–Crippen LogP) is 4.68. The van der Waals surface area contributed by atoms with E-state index in [9.17, 15) is 40.3 Å². The van der Waals surface area contributed by atoms with Crippen LogP contribution in [0.3, 0.4) is 0 Å². The largest absolute Gasteiger partial charge is 0.490 e. The molecule has 0 saturated carbocycles. The Labute approximate surface area is 217 Å². The van der Waals surface area contributed by atoms with Gasteiger partial charge in [0.1, 0.15) is 18.0 Å². The van der Waals surface area contributed by atoms with Crippen LogP contribution in [0.1, 0.15) is 37.9 Å². The van der Waals surface area contributed by atoms with Crippen molar-refractivity contribution in [3.8, 4) is 5.75 Å². The van der Waals surface area contributed by atoms with Crippen LogP contribution in [0.5, 0.6) is 5.75 Å². The monoisotopic (exact) mass is 570 g/mol. The molecule has 0 aliphatic rings. The molecular formula is C23H25F7N4O5. The molecule has 0 radical (unpaired) electrons. The van der Waals surface area contributed by atoms with Crippen molar-refractivity contribution >= 4 is 29.3 Å². The van der Waals surface area contributed by atoms with E-state index in [4.69, 9.17) is 21.0 Å². The Morgan fingerprint density at radius 1 is 1.03 bits per heavy atom. The van der Waals surface area contributed by atoms with Crippen LogP contribution in [0.15, 0.2) is 48.5 Å². The summed E-state index contributed by atoms with van der Waals surface area (Å²) in [6.45, 7) is 1.53. The highest BCUT2D eigenvalue weighted by Gasteiger charge is 2.44. The lowest BCUT2D eigenvalue weighted by molar-refractivity contribution is -0.253. The zero-order chi connectivity index (χ0) is 29.3. The first kappa shape index (κ1) is 34.6. The molecular weight excluding hydrogens is 545 g/mol. The number of hydrogen-bond acceptors (Lipinski definition) is 5. The Balaban J connectivity index is 0.00000159. The maximum atomic E-state index is 13.1. The molecule has 16 heteroatoms. The van der Waals surface area contributed by atoms with Crippen LogP contribution in [0.25, 0.3) is 0 Å². The highest BCUT2D eigenvalue weighted by molar-refractivity contribution is 6.04. The van der Waals surface area contributed by atoms with E-state index < -0.39 is 54.7 Å². The van der Waals surface area contributed by atoms with Crippen LogP contribution in [0.4, 0.5) is 36.4 Å². The van der Waals surface area contributed by atoms with Gasteiger partial charge in [-0.1, -0.05) is 19.6 Å². The number of amidine groups is 1. The molecule has 2 aromatic carbocycles. The molecule has 2 amide bonds. The Kier molecular flexibility index (Phi) is 12.9.